The largest absolute Gasteiger partial charge is 0.303 e. The summed E-state index contributed by atoms with van der Waals surface area (Å²) in [5.41, 5.74) is 0.774. The van der Waals surface area contributed by atoms with Gasteiger partial charge in [0.25, 0.3) is 0 Å². The van der Waals surface area contributed by atoms with Crippen LogP contribution in [0.1, 0.15) is 46.5 Å². The Morgan fingerprint density at radius 2 is 1.94 bits per heavy atom. The van der Waals surface area contributed by atoms with E-state index in [0.29, 0.717) is 17.4 Å². The molecule has 0 aromatic heterocycles. The highest BCUT2D eigenvalue weighted by Gasteiger charge is 2.52. The first-order valence-electron chi connectivity index (χ1n) is 6.69. The van der Waals surface area contributed by atoms with Gasteiger partial charge in [0.05, 0.1) is 0 Å². The maximum Gasteiger partial charge on any atom is 0.113 e. The highest BCUT2D eigenvalue weighted by Crippen LogP contribution is 2.57. The molecule has 1 spiro atoms. The van der Waals surface area contributed by atoms with E-state index in [4.69, 9.17) is 0 Å². The molecule has 1 nitrogen and oxygen atoms in total. The molecule has 0 amide bonds. The van der Waals surface area contributed by atoms with Crippen LogP contribution in [0.4, 0.5) is 4.39 Å². The monoisotopic (exact) mass is 227 g/mol. The van der Waals surface area contributed by atoms with E-state index in [9.17, 15) is 4.39 Å². The standard InChI is InChI=1S/C14H26FN/c1-5-13(2,3)11-6-14(7-11)8-12(15)9-16(4)10-14/h11-12H,5-10H2,1-4H3. The van der Waals surface area contributed by atoms with Gasteiger partial charge in [0.2, 0.25) is 0 Å². The fourth-order valence-corrected chi connectivity index (χ4v) is 3.70. The Bertz CT molecular complexity index is 243. The van der Waals surface area contributed by atoms with Crippen LogP contribution in [0.15, 0.2) is 0 Å². The van der Waals surface area contributed by atoms with E-state index < -0.39 is 6.17 Å². The third-order valence-corrected chi connectivity index (χ3v) is 5.14. The van der Waals surface area contributed by atoms with Gasteiger partial charge in [-0.1, -0.05) is 27.2 Å². The van der Waals surface area contributed by atoms with E-state index in [1.807, 2.05) is 0 Å². The summed E-state index contributed by atoms with van der Waals surface area (Å²) in [6, 6.07) is 0. The molecule has 0 aromatic carbocycles. The van der Waals surface area contributed by atoms with Crippen molar-refractivity contribution in [3.8, 4) is 0 Å². The summed E-state index contributed by atoms with van der Waals surface area (Å²) in [4.78, 5) is 2.18. The molecule has 1 aliphatic heterocycles. The number of nitrogens with zero attached hydrogens (tertiary/aromatic N) is 1. The molecule has 2 rings (SSSR count). The first kappa shape index (κ1) is 12.3. The van der Waals surface area contributed by atoms with Crippen molar-refractivity contribution in [2.24, 2.45) is 16.7 Å². The first-order valence-corrected chi connectivity index (χ1v) is 6.69. The molecule has 2 aliphatic rings. The number of likely N-dealkylation sites (tertiary alicyclic amines) is 1. The van der Waals surface area contributed by atoms with E-state index in [-0.39, 0.29) is 0 Å². The van der Waals surface area contributed by atoms with Crippen molar-refractivity contribution < 1.29 is 4.39 Å². The second-order valence-electron chi connectivity index (χ2n) is 6.95. The average Bonchev–Trinajstić information content (AvgIpc) is 2.12. The number of hydrogen-bond acceptors (Lipinski definition) is 1. The van der Waals surface area contributed by atoms with Gasteiger partial charge in [-0.25, -0.2) is 4.39 Å². The predicted molar refractivity (Wildman–Crippen MR) is 66.2 cm³/mol. The lowest BCUT2D eigenvalue weighted by atomic mass is 9.51. The Kier molecular flexibility index (Phi) is 3.07. The SMILES string of the molecule is CCC(C)(C)C1CC2(CC(F)CN(C)C2)C1. The van der Waals surface area contributed by atoms with E-state index in [1.165, 1.54) is 19.3 Å². The summed E-state index contributed by atoms with van der Waals surface area (Å²) < 4.78 is 13.6. The molecule has 1 atom stereocenters. The Hall–Kier alpha value is -0.110. The molecule has 0 radical (unpaired) electrons. The topological polar surface area (TPSA) is 3.24 Å². The summed E-state index contributed by atoms with van der Waals surface area (Å²) >= 11 is 0. The highest BCUT2D eigenvalue weighted by molar-refractivity contribution is 5.03. The maximum absolute atomic E-state index is 13.6. The average molecular weight is 227 g/mol. The van der Waals surface area contributed by atoms with Gasteiger partial charge in [0, 0.05) is 13.1 Å². The molecule has 1 saturated heterocycles. The molecule has 1 saturated carbocycles. The van der Waals surface area contributed by atoms with Crippen molar-refractivity contribution >= 4 is 0 Å². The van der Waals surface area contributed by atoms with E-state index in [0.717, 1.165) is 18.9 Å². The zero-order valence-corrected chi connectivity index (χ0v) is 11.2. The second kappa shape index (κ2) is 3.97. The Balaban J connectivity index is 1.95. The molecule has 1 heterocycles. The zero-order chi connectivity index (χ0) is 12.0. The van der Waals surface area contributed by atoms with E-state index >= 15 is 0 Å². The highest BCUT2D eigenvalue weighted by atomic mass is 19.1. The van der Waals surface area contributed by atoms with Crippen LogP contribution in [-0.2, 0) is 0 Å². The Morgan fingerprint density at radius 3 is 2.44 bits per heavy atom. The lowest BCUT2D eigenvalue weighted by molar-refractivity contribution is -0.0851. The van der Waals surface area contributed by atoms with E-state index in [1.54, 1.807) is 0 Å². The lowest BCUT2D eigenvalue weighted by Gasteiger charge is -2.57. The molecule has 1 unspecified atom stereocenters. The van der Waals surface area contributed by atoms with Crippen LogP contribution in [0.3, 0.4) is 0 Å². The van der Waals surface area contributed by atoms with Crippen LogP contribution >= 0.6 is 0 Å². The minimum absolute atomic E-state index is 0.323. The summed E-state index contributed by atoms with van der Waals surface area (Å²) in [7, 11) is 2.06. The smallest absolute Gasteiger partial charge is 0.113 e. The lowest BCUT2D eigenvalue weighted by Crippen LogP contribution is -2.55. The molecule has 2 fully saturated rings. The minimum atomic E-state index is -0.593. The predicted octanol–water partition coefficient (Wildman–Crippen LogP) is 3.49. The zero-order valence-electron chi connectivity index (χ0n) is 11.2. The first-order chi connectivity index (χ1) is 7.37. The quantitative estimate of drug-likeness (QED) is 0.698. The molecule has 1 aliphatic carbocycles. The summed E-state index contributed by atoms with van der Waals surface area (Å²) in [6.45, 7) is 8.76. The van der Waals surface area contributed by atoms with Crippen molar-refractivity contribution in [2.45, 2.75) is 52.6 Å². The van der Waals surface area contributed by atoms with Gasteiger partial charge < -0.3 is 4.90 Å². The van der Waals surface area contributed by atoms with Crippen LogP contribution in [0.2, 0.25) is 0 Å². The van der Waals surface area contributed by atoms with E-state index in [2.05, 4.69) is 32.7 Å². The molecule has 0 aromatic rings. The normalized spacial score (nSPS) is 41.1. The van der Waals surface area contributed by atoms with Crippen molar-refractivity contribution in [1.82, 2.24) is 4.90 Å². The molecular weight excluding hydrogens is 201 g/mol. The molecule has 0 bridgehead atoms. The third-order valence-electron chi connectivity index (χ3n) is 5.14. The summed E-state index contributed by atoms with van der Waals surface area (Å²) in [5, 5.41) is 0. The molecule has 2 heteroatoms. The number of piperidine rings is 1. The van der Waals surface area contributed by atoms with Gasteiger partial charge in [0.1, 0.15) is 6.17 Å². The maximum atomic E-state index is 13.6. The van der Waals surface area contributed by atoms with Gasteiger partial charge >= 0.3 is 0 Å². The summed E-state index contributed by atoms with van der Waals surface area (Å²) in [5.74, 6) is 0.816. The molecular formula is C14H26FN. The molecule has 94 valence electrons. The fourth-order valence-electron chi connectivity index (χ4n) is 3.70. The number of hydrogen-bond donors (Lipinski definition) is 0. The van der Waals surface area contributed by atoms with Crippen molar-refractivity contribution in [3.05, 3.63) is 0 Å². The van der Waals surface area contributed by atoms with Gasteiger partial charge in [-0.3, -0.25) is 0 Å². The number of halogens is 1. The molecule has 0 N–H and O–H groups in total. The van der Waals surface area contributed by atoms with Crippen molar-refractivity contribution in [2.75, 3.05) is 20.1 Å². The van der Waals surface area contributed by atoms with Gasteiger partial charge in [-0.05, 0) is 43.1 Å². The van der Waals surface area contributed by atoms with Crippen LogP contribution in [0.25, 0.3) is 0 Å². The second-order valence-corrected chi connectivity index (χ2v) is 6.95. The Labute approximate surface area is 99.4 Å². The van der Waals surface area contributed by atoms with Gasteiger partial charge in [-0.2, -0.15) is 0 Å². The fraction of sp³-hybridized carbons (Fsp3) is 1.00. The van der Waals surface area contributed by atoms with Crippen molar-refractivity contribution in [1.29, 1.82) is 0 Å². The van der Waals surface area contributed by atoms with Crippen LogP contribution in [0.5, 0.6) is 0 Å². The summed E-state index contributed by atoms with van der Waals surface area (Å²) in [6.07, 6.45) is 3.96. The molecule has 16 heavy (non-hydrogen) atoms. The van der Waals surface area contributed by atoms with Gasteiger partial charge in [0.15, 0.2) is 0 Å². The third kappa shape index (κ3) is 2.13. The van der Waals surface area contributed by atoms with Crippen LogP contribution < -0.4 is 0 Å². The van der Waals surface area contributed by atoms with Crippen LogP contribution in [0, 0.1) is 16.7 Å². The van der Waals surface area contributed by atoms with Crippen molar-refractivity contribution in [3.63, 3.8) is 0 Å². The number of rotatable bonds is 2. The Morgan fingerprint density at radius 1 is 1.31 bits per heavy atom. The minimum Gasteiger partial charge on any atom is -0.303 e. The van der Waals surface area contributed by atoms with Gasteiger partial charge in [-0.15, -0.1) is 0 Å². The number of alkyl halides is 1. The van der Waals surface area contributed by atoms with Crippen LogP contribution in [-0.4, -0.2) is 31.2 Å².